The van der Waals surface area contributed by atoms with Gasteiger partial charge in [-0.15, -0.1) is 0 Å². The van der Waals surface area contributed by atoms with Crippen molar-refractivity contribution >= 4 is 52.2 Å². The summed E-state index contributed by atoms with van der Waals surface area (Å²) >= 11 is 13.6. The lowest BCUT2D eigenvalue weighted by Gasteiger charge is -2.16. The molecule has 0 N–H and O–H groups in total. The lowest BCUT2D eigenvalue weighted by Crippen LogP contribution is -2.34. The molecule has 1 aliphatic rings. The van der Waals surface area contributed by atoms with Crippen molar-refractivity contribution in [1.82, 2.24) is 4.90 Å². The molecule has 1 heterocycles. The molecule has 0 aromatic heterocycles. The van der Waals surface area contributed by atoms with E-state index >= 15 is 0 Å². The molecule has 0 spiro atoms. The van der Waals surface area contributed by atoms with E-state index in [0.29, 0.717) is 32.9 Å². The van der Waals surface area contributed by atoms with Gasteiger partial charge < -0.3 is 4.74 Å². The molecule has 4 nitrogen and oxygen atoms in total. The van der Waals surface area contributed by atoms with Crippen molar-refractivity contribution in [1.29, 1.82) is 0 Å². The van der Waals surface area contributed by atoms with Crippen molar-refractivity contribution in [3.8, 4) is 5.75 Å². The van der Waals surface area contributed by atoms with Gasteiger partial charge in [0.05, 0.1) is 15.0 Å². The van der Waals surface area contributed by atoms with Crippen LogP contribution in [-0.2, 0) is 11.4 Å². The summed E-state index contributed by atoms with van der Waals surface area (Å²) in [6.07, 6.45) is 1.62. The number of imide groups is 1. The Hall–Kier alpha value is -1.95. The lowest BCUT2D eigenvalue weighted by molar-refractivity contribution is -0.123. The first-order chi connectivity index (χ1) is 13.3. The molecule has 3 rings (SSSR count). The van der Waals surface area contributed by atoms with Crippen molar-refractivity contribution in [2.75, 3.05) is 0 Å². The van der Waals surface area contributed by atoms with Crippen molar-refractivity contribution in [3.63, 3.8) is 0 Å². The van der Waals surface area contributed by atoms with Gasteiger partial charge in [-0.05, 0) is 61.9 Å². The second-order valence-corrected chi connectivity index (χ2v) is 8.54. The number of carbonyl (C=O) groups is 2. The van der Waals surface area contributed by atoms with Crippen LogP contribution in [-0.4, -0.2) is 22.1 Å². The molecule has 146 valence electrons. The highest BCUT2D eigenvalue weighted by Gasteiger charge is 2.36. The molecule has 2 amide bonds. The van der Waals surface area contributed by atoms with Crippen LogP contribution < -0.4 is 4.74 Å². The molecule has 2 aromatic rings. The Balaban J connectivity index is 1.80. The van der Waals surface area contributed by atoms with E-state index in [-0.39, 0.29) is 17.2 Å². The molecule has 2 aromatic carbocycles. The minimum Gasteiger partial charge on any atom is -0.486 e. The number of thioether (sulfide) groups is 1. The lowest BCUT2D eigenvalue weighted by atomic mass is 10.1. The Morgan fingerprint density at radius 2 is 1.82 bits per heavy atom. The Morgan fingerprint density at radius 3 is 2.39 bits per heavy atom. The van der Waals surface area contributed by atoms with E-state index in [9.17, 15) is 9.59 Å². The first kappa shape index (κ1) is 20.8. The van der Waals surface area contributed by atoms with Gasteiger partial charge in [-0.25, -0.2) is 0 Å². The molecule has 1 saturated heterocycles. The van der Waals surface area contributed by atoms with E-state index in [4.69, 9.17) is 27.9 Å². The largest absolute Gasteiger partial charge is 0.486 e. The topological polar surface area (TPSA) is 46.6 Å². The number of halogens is 2. The maximum Gasteiger partial charge on any atom is 0.293 e. The highest BCUT2D eigenvalue weighted by molar-refractivity contribution is 8.18. The Kier molecular flexibility index (Phi) is 6.38. The summed E-state index contributed by atoms with van der Waals surface area (Å²) in [5, 5.41) is 0.408. The molecule has 0 atom stereocenters. The minimum absolute atomic E-state index is 0.192. The van der Waals surface area contributed by atoms with E-state index < -0.39 is 0 Å². The highest BCUT2D eigenvalue weighted by Crippen LogP contribution is 2.38. The first-order valence-electron chi connectivity index (χ1n) is 8.70. The fourth-order valence-electron chi connectivity index (χ4n) is 2.83. The SMILES string of the molecule is Cc1cccc(COc2c(Cl)cc(/C=C3/SC(=O)N(C(C)C)C3=O)cc2Cl)c1. The smallest absolute Gasteiger partial charge is 0.293 e. The van der Waals surface area contributed by atoms with Crippen LogP contribution in [0, 0.1) is 6.92 Å². The molecule has 0 unspecified atom stereocenters. The van der Waals surface area contributed by atoms with Gasteiger partial charge in [-0.3, -0.25) is 14.5 Å². The summed E-state index contributed by atoms with van der Waals surface area (Å²) in [4.78, 5) is 26.0. The fourth-order valence-corrected chi connectivity index (χ4v) is 4.41. The number of aryl methyl sites for hydroxylation is 1. The maximum atomic E-state index is 12.4. The summed E-state index contributed by atoms with van der Waals surface area (Å²) in [6, 6.07) is 11.1. The molecule has 0 radical (unpaired) electrons. The normalized spacial score (nSPS) is 15.8. The number of carbonyl (C=O) groups excluding carboxylic acids is 2. The number of nitrogens with zero attached hydrogens (tertiary/aromatic N) is 1. The third-order valence-electron chi connectivity index (χ3n) is 4.12. The maximum absolute atomic E-state index is 12.4. The van der Waals surface area contributed by atoms with Crippen LogP contribution in [0.15, 0.2) is 41.3 Å². The van der Waals surface area contributed by atoms with E-state index in [1.54, 1.807) is 32.1 Å². The predicted molar refractivity (Wildman–Crippen MR) is 115 cm³/mol. The summed E-state index contributed by atoms with van der Waals surface area (Å²) in [6.45, 7) is 5.95. The second kappa shape index (κ2) is 8.60. The van der Waals surface area contributed by atoms with Gasteiger partial charge in [0.25, 0.3) is 11.1 Å². The standard InChI is InChI=1S/C21H19Cl2NO3S/c1-12(2)24-20(25)18(28-21(24)26)10-15-8-16(22)19(17(23)9-15)27-11-14-6-4-5-13(3)7-14/h4-10,12H,11H2,1-3H3/b18-10+. The number of benzene rings is 2. The number of ether oxygens (including phenoxy) is 1. The van der Waals surface area contributed by atoms with Crippen molar-refractivity contribution in [2.24, 2.45) is 0 Å². The average molecular weight is 436 g/mol. The number of hydrogen-bond acceptors (Lipinski definition) is 4. The molecule has 7 heteroatoms. The average Bonchev–Trinajstić information content (AvgIpc) is 2.87. The van der Waals surface area contributed by atoms with Gasteiger partial charge >= 0.3 is 0 Å². The molecular weight excluding hydrogens is 417 g/mol. The van der Waals surface area contributed by atoms with Crippen LogP contribution in [0.3, 0.4) is 0 Å². The third kappa shape index (κ3) is 4.54. The Bertz CT molecular complexity index is 949. The van der Waals surface area contributed by atoms with Gasteiger partial charge in [-0.1, -0.05) is 53.0 Å². The number of rotatable bonds is 5. The van der Waals surface area contributed by atoms with Gasteiger partial charge in [0.15, 0.2) is 5.75 Å². The fraction of sp³-hybridized carbons (Fsp3) is 0.238. The zero-order valence-electron chi connectivity index (χ0n) is 15.7. The van der Waals surface area contributed by atoms with Crippen molar-refractivity contribution < 1.29 is 14.3 Å². The number of hydrogen-bond donors (Lipinski definition) is 0. The van der Waals surface area contributed by atoms with Crippen LogP contribution in [0.2, 0.25) is 10.0 Å². The van der Waals surface area contributed by atoms with E-state index in [1.165, 1.54) is 4.90 Å². The van der Waals surface area contributed by atoms with Crippen LogP contribution in [0.25, 0.3) is 6.08 Å². The zero-order chi connectivity index (χ0) is 20.4. The summed E-state index contributed by atoms with van der Waals surface area (Å²) in [5.41, 5.74) is 2.79. The monoisotopic (exact) mass is 435 g/mol. The van der Waals surface area contributed by atoms with Crippen molar-refractivity contribution in [2.45, 2.75) is 33.4 Å². The quantitative estimate of drug-likeness (QED) is 0.514. The summed E-state index contributed by atoms with van der Waals surface area (Å²) < 4.78 is 5.80. The molecular formula is C21H19Cl2NO3S. The predicted octanol–water partition coefficient (Wildman–Crippen LogP) is 6.33. The van der Waals surface area contributed by atoms with Crippen LogP contribution in [0.1, 0.15) is 30.5 Å². The molecule has 28 heavy (non-hydrogen) atoms. The summed E-state index contributed by atoms with van der Waals surface area (Å²) in [5.74, 6) is 0.0780. The van der Waals surface area contributed by atoms with Crippen LogP contribution >= 0.6 is 35.0 Å². The van der Waals surface area contributed by atoms with Crippen molar-refractivity contribution in [3.05, 3.63) is 68.0 Å². The molecule has 1 aliphatic heterocycles. The van der Waals surface area contributed by atoms with Gasteiger partial charge in [0, 0.05) is 6.04 Å². The van der Waals surface area contributed by atoms with E-state index in [2.05, 4.69) is 0 Å². The third-order valence-corrected chi connectivity index (χ3v) is 5.57. The zero-order valence-corrected chi connectivity index (χ0v) is 18.0. The first-order valence-corrected chi connectivity index (χ1v) is 10.3. The summed E-state index contributed by atoms with van der Waals surface area (Å²) in [7, 11) is 0. The second-order valence-electron chi connectivity index (χ2n) is 6.74. The van der Waals surface area contributed by atoms with Gasteiger partial charge in [0.1, 0.15) is 6.61 Å². The van der Waals surface area contributed by atoms with Gasteiger partial charge in [0.2, 0.25) is 0 Å². The minimum atomic E-state index is -0.308. The number of amides is 2. The van der Waals surface area contributed by atoms with E-state index in [1.807, 2.05) is 31.2 Å². The van der Waals surface area contributed by atoms with Crippen LogP contribution in [0.5, 0.6) is 5.75 Å². The van der Waals surface area contributed by atoms with Gasteiger partial charge in [-0.2, -0.15) is 0 Å². The van der Waals surface area contributed by atoms with Crippen LogP contribution in [0.4, 0.5) is 4.79 Å². The molecule has 0 aliphatic carbocycles. The Morgan fingerprint density at radius 1 is 1.14 bits per heavy atom. The molecule has 0 saturated carbocycles. The molecule has 1 fully saturated rings. The Labute approximate surface area is 178 Å². The molecule has 0 bridgehead atoms. The highest BCUT2D eigenvalue weighted by atomic mass is 35.5. The van der Waals surface area contributed by atoms with E-state index in [0.717, 1.165) is 22.9 Å².